The molecule has 0 saturated carbocycles. The van der Waals surface area contributed by atoms with Crippen LogP contribution in [-0.2, 0) is 5.41 Å². The largest absolute Gasteiger partial charge is 0.361 e. The number of hydrogen-bond donors (Lipinski definition) is 0. The summed E-state index contributed by atoms with van der Waals surface area (Å²) in [5, 5.41) is 12.9. The summed E-state index contributed by atoms with van der Waals surface area (Å²) in [4.78, 5) is 0. The van der Waals surface area contributed by atoms with Crippen LogP contribution in [0.25, 0.3) is 0 Å². The highest BCUT2D eigenvalue weighted by Crippen LogP contribution is 2.33. The van der Waals surface area contributed by atoms with Gasteiger partial charge in [-0.2, -0.15) is 10.2 Å². The molecule has 0 aliphatic carbocycles. The van der Waals surface area contributed by atoms with E-state index in [1.54, 1.807) is 0 Å². The van der Waals surface area contributed by atoms with Crippen molar-refractivity contribution in [3.8, 4) is 0 Å². The molecule has 2 aromatic rings. The van der Waals surface area contributed by atoms with Crippen LogP contribution in [0.3, 0.4) is 0 Å². The van der Waals surface area contributed by atoms with Gasteiger partial charge in [0, 0.05) is 11.0 Å². The molecule has 1 aromatic heterocycles. The van der Waals surface area contributed by atoms with Gasteiger partial charge in [-0.1, -0.05) is 44.1 Å². The molecular weight excluding hydrogens is 250 g/mol. The van der Waals surface area contributed by atoms with E-state index < -0.39 is 0 Å². The van der Waals surface area contributed by atoms with E-state index >= 15 is 0 Å². The van der Waals surface area contributed by atoms with E-state index in [0.717, 1.165) is 22.7 Å². The first-order chi connectivity index (χ1) is 9.39. The van der Waals surface area contributed by atoms with Gasteiger partial charge in [-0.25, -0.2) is 0 Å². The van der Waals surface area contributed by atoms with Crippen LogP contribution in [0.2, 0.25) is 0 Å². The first-order valence-electron chi connectivity index (χ1n) is 6.82. The number of azo groups is 1. The van der Waals surface area contributed by atoms with Crippen molar-refractivity contribution in [3.63, 3.8) is 0 Å². The average molecular weight is 271 g/mol. The van der Waals surface area contributed by atoms with Crippen molar-refractivity contribution in [2.24, 2.45) is 10.2 Å². The highest BCUT2D eigenvalue weighted by atomic mass is 16.5. The van der Waals surface area contributed by atoms with Gasteiger partial charge in [-0.3, -0.25) is 0 Å². The van der Waals surface area contributed by atoms with E-state index in [9.17, 15) is 0 Å². The summed E-state index contributed by atoms with van der Waals surface area (Å²) >= 11 is 0. The Hall–Kier alpha value is -1.97. The van der Waals surface area contributed by atoms with Gasteiger partial charge >= 0.3 is 0 Å². The third kappa shape index (κ3) is 3.13. The van der Waals surface area contributed by atoms with Crippen molar-refractivity contribution in [1.82, 2.24) is 5.16 Å². The van der Waals surface area contributed by atoms with E-state index in [1.807, 2.05) is 44.2 Å². The van der Waals surface area contributed by atoms with Crippen molar-refractivity contribution in [2.45, 2.75) is 46.1 Å². The molecule has 0 radical (unpaired) electrons. The van der Waals surface area contributed by atoms with Gasteiger partial charge in [0.15, 0.2) is 0 Å². The fraction of sp³-hybridized carbons (Fsp3) is 0.438. The molecule has 0 aliphatic rings. The summed E-state index contributed by atoms with van der Waals surface area (Å²) in [7, 11) is 0. The van der Waals surface area contributed by atoms with Gasteiger partial charge in [0.05, 0.1) is 17.4 Å². The molecule has 4 heteroatoms. The zero-order valence-electron chi connectivity index (χ0n) is 12.7. The Morgan fingerprint density at radius 3 is 2.40 bits per heavy atom. The van der Waals surface area contributed by atoms with Crippen LogP contribution in [0.15, 0.2) is 45.1 Å². The van der Waals surface area contributed by atoms with Crippen molar-refractivity contribution in [2.75, 3.05) is 0 Å². The Bertz CT molecular complexity index is 594. The topological polar surface area (TPSA) is 50.8 Å². The Balaban J connectivity index is 2.28. The third-order valence-electron chi connectivity index (χ3n) is 3.14. The molecule has 20 heavy (non-hydrogen) atoms. The van der Waals surface area contributed by atoms with E-state index in [-0.39, 0.29) is 11.5 Å². The summed E-state index contributed by atoms with van der Waals surface area (Å²) < 4.78 is 5.34. The first kappa shape index (κ1) is 14.4. The summed E-state index contributed by atoms with van der Waals surface area (Å²) in [6.07, 6.45) is 0. The van der Waals surface area contributed by atoms with Gasteiger partial charge in [-0.05, 0) is 26.0 Å². The quantitative estimate of drug-likeness (QED) is 0.727. The lowest BCUT2D eigenvalue weighted by Gasteiger charge is -2.17. The van der Waals surface area contributed by atoms with Crippen LogP contribution in [-0.4, -0.2) is 5.16 Å². The Morgan fingerprint density at radius 1 is 1.15 bits per heavy atom. The molecule has 1 aromatic carbocycles. The first-order valence-corrected chi connectivity index (χ1v) is 6.82. The second-order valence-electron chi connectivity index (χ2n) is 5.98. The van der Waals surface area contributed by atoms with Crippen molar-refractivity contribution in [1.29, 1.82) is 0 Å². The summed E-state index contributed by atoms with van der Waals surface area (Å²) in [5.41, 5.74) is 2.78. The van der Waals surface area contributed by atoms with Crippen LogP contribution in [0, 0.1) is 6.92 Å². The highest BCUT2D eigenvalue weighted by Gasteiger charge is 2.27. The number of aromatic nitrogens is 1. The Kier molecular flexibility index (Phi) is 4.02. The second kappa shape index (κ2) is 5.57. The molecule has 0 amide bonds. The molecule has 0 saturated heterocycles. The standard InChI is InChI=1S/C16H21N3O/c1-11(17-18-13-9-7-6-8-10-13)14-12(2)20-19-15(14)16(3,4)5/h6-11H,1-5H3. The van der Waals surface area contributed by atoms with Crippen LogP contribution in [0.1, 0.15) is 50.8 Å². The Morgan fingerprint density at radius 2 is 1.80 bits per heavy atom. The summed E-state index contributed by atoms with van der Waals surface area (Å²) in [5.74, 6) is 0.814. The van der Waals surface area contributed by atoms with Crippen LogP contribution >= 0.6 is 0 Å². The smallest absolute Gasteiger partial charge is 0.139 e. The van der Waals surface area contributed by atoms with Crippen LogP contribution in [0.4, 0.5) is 5.69 Å². The fourth-order valence-corrected chi connectivity index (χ4v) is 2.12. The van der Waals surface area contributed by atoms with Gasteiger partial charge in [0.2, 0.25) is 0 Å². The number of benzene rings is 1. The molecule has 0 bridgehead atoms. The third-order valence-corrected chi connectivity index (χ3v) is 3.14. The maximum atomic E-state index is 5.34. The summed E-state index contributed by atoms with van der Waals surface area (Å²) in [6.45, 7) is 10.3. The molecule has 1 atom stereocenters. The predicted octanol–water partition coefficient (Wildman–Crippen LogP) is 5.13. The molecular formula is C16H21N3O. The molecule has 106 valence electrons. The lowest BCUT2D eigenvalue weighted by Crippen LogP contribution is -2.15. The van der Waals surface area contributed by atoms with Crippen molar-refractivity contribution >= 4 is 5.69 Å². The Labute approximate surface area is 119 Å². The minimum absolute atomic E-state index is 0.0659. The van der Waals surface area contributed by atoms with Gasteiger partial charge < -0.3 is 4.52 Å². The van der Waals surface area contributed by atoms with Crippen molar-refractivity contribution < 1.29 is 4.52 Å². The van der Waals surface area contributed by atoms with Gasteiger partial charge in [0.1, 0.15) is 5.76 Å². The van der Waals surface area contributed by atoms with Gasteiger partial charge in [-0.15, -0.1) is 0 Å². The monoisotopic (exact) mass is 271 g/mol. The van der Waals surface area contributed by atoms with Crippen LogP contribution in [0.5, 0.6) is 0 Å². The van der Waals surface area contributed by atoms with E-state index in [4.69, 9.17) is 4.52 Å². The maximum Gasteiger partial charge on any atom is 0.139 e. The molecule has 0 aliphatic heterocycles. The zero-order valence-corrected chi connectivity index (χ0v) is 12.7. The van der Waals surface area contributed by atoms with Crippen molar-refractivity contribution in [3.05, 3.63) is 47.3 Å². The fourth-order valence-electron chi connectivity index (χ4n) is 2.12. The minimum Gasteiger partial charge on any atom is -0.361 e. The molecule has 2 rings (SSSR count). The molecule has 0 N–H and O–H groups in total. The summed E-state index contributed by atoms with van der Waals surface area (Å²) in [6, 6.07) is 9.65. The number of aryl methyl sites for hydroxylation is 1. The number of nitrogens with zero attached hydrogens (tertiary/aromatic N) is 3. The van der Waals surface area contributed by atoms with E-state index in [0.29, 0.717) is 0 Å². The van der Waals surface area contributed by atoms with E-state index in [1.165, 1.54) is 0 Å². The minimum atomic E-state index is -0.0734. The van der Waals surface area contributed by atoms with Crippen LogP contribution < -0.4 is 0 Å². The van der Waals surface area contributed by atoms with E-state index in [2.05, 4.69) is 36.2 Å². The maximum absolute atomic E-state index is 5.34. The lowest BCUT2D eigenvalue weighted by atomic mass is 9.87. The average Bonchev–Trinajstić information content (AvgIpc) is 2.79. The molecule has 0 fully saturated rings. The second-order valence-corrected chi connectivity index (χ2v) is 5.98. The van der Waals surface area contributed by atoms with Gasteiger partial charge in [0.25, 0.3) is 0 Å². The predicted molar refractivity (Wildman–Crippen MR) is 79.3 cm³/mol. The molecule has 1 unspecified atom stereocenters. The normalized spacial score (nSPS) is 13.8. The highest BCUT2D eigenvalue weighted by molar-refractivity contribution is 5.35. The lowest BCUT2D eigenvalue weighted by molar-refractivity contribution is 0.375. The number of hydrogen-bond acceptors (Lipinski definition) is 4. The number of rotatable bonds is 3. The molecule has 0 spiro atoms. The molecule has 1 heterocycles. The zero-order chi connectivity index (χ0) is 14.8. The molecule has 4 nitrogen and oxygen atoms in total. The SMILES string of the molecule is Cc1onc(C(C)(C)C)c1C(C)N=Nc1ccccc1.